The maximum absolute atomic E-state index is 11.7. The number of carbonyl (C=O) groups is 1. The van der Waals surface area contributed by atoms with Gasteiger partial charge in [-0.15, -0.1) is 0 Å². The maximum atomic E-state index is 11.7. The second-order valence-electron chi connectivity index (χ2n) is 5.50. The van der Waals surface area contributed by atoms with E-state index in [1.165, 1.54) is 18.4 Å². The van der Waals surface area contributed by atoms with E-state index in [-0.39, 0.29) is 12.5 Å². The number of carbonyl (C=O) groups excluding carboxylic acids is 1. The first kappa shape index (κ1) is 14.9. The van der Waals surface area contributed by atoms with E-state index >= 15 is 0 Å². The van der Waals surface area contributed by atoms with Crippen LogP contribution < -0.4 is 10.1 Å². The molecule has 1 aliphatic rings. The number of nitrogens with one attached hydrogen (secondary N) is 1. The molecule has 4 heteroatoms. The Hall–Kier alpha value is -1.55. The van der Waals surface area contributed by atoms with Gasteiger partial charge in [0, 0.05) is 12.6 Å². The van der Waals surface area contributed by atoms with Gasteiger partial charge in [-0.05, 0) is 51.9 Å². The first-order valence-electron chi connectivity index (χ1n) is 7.35. The van der Waals surface area contributed by atoms with E-state index in [1.807, 2.05) is 31.2 Å². The van der Waals surface area contributed by atoms with Crippen molar-refractivity contribution < 1.29 is 9.53 Å². The van der Waals surface area contributed by atoms with Crippen LogP contribution in [0.2, 0.25) is 0 Å². The number of hydrogen-bond donors (Lipinski definition) is 1. The molecule has 20 heavy (non-hydrogen) atoms. The van der Waals surface area contributed by atoms with Gasteiger partial charge in [-0.25, -0.2) is 0 Å². The highest BCUT2D eigenvalue weighted by molar-refractivity contribution is 5.77. The molecule has 1 aliphatic heterocycles. The van der Waals surface area contributed by atoms with Crippen LogP contribution in [0, 0.1) is 6.92 Å². The van der Waals surface area contributed by atoms with Gasteiger partial charge < -0.3 is 10.1 Å². The SMILES string of the molecule is Cc1ccc(OCC(=O)NCC(C)N2CCCC2)cc1. The van der Waals surface area contributed by atoms with E-state index in [1.54, 1.807) is 0 Å². The summed E-state index contributed by atoms with van der Waals surface area (Å²) in [6.45, 7) is 7.25. The fraction of sp³-hybridized carbons (Fsp3) is 0.562. The average Bonchev–Trinajstić information content (AvgIpc) is 2.98. The Balaban J connectivity index is 1.66. The summed E-state index contributed by atoms with van der Waals surface area (Å²) in [6, 6.07) is 8.12. The lowest BCUT2D eigenvalue weighted by Gasteiger charge is -2.23. The Kier molecular flexibility index (Phi) is 5.41. The molecule has 0 saturated carbocycles. The number of aryl methyl sites for hydroxylation is 1. The molecule has 110 valence electrons. The molecule has 1 aromatic rings. The Morgan fingerprint density at radius 1 is 1.30 bits per heavy atom. The zero-order valence-electron chi connectivity index (χ0n) is 12.4. The molecule has 0 aliphatic carbocycles. The van der Waals surface area contributed by atoms with Gasteiger partial charge in [0.05, 0.1) is 0 Å². The molecule has 1 atom stereocenters. The second-order valence-corrected chi connectivity index (χ2v) is 5.50. The van der Waals surface area contributed by atoms with Crippen molar-refractivity contribution >= 4 is 5.91 Å². The van der Waals surface area contributed by atoms with Gasteiger partial charge in [-0.3, -0.25) is 9.69 Å². The first-order chi connectivity index (χ1) is 9.65. The van der Waals surface area contributed by atoms with E-state index in [9.17, 15) is 4.79 Å². The summed E-state index contributed by atoms with van der Waals surface area (Å²) < 4.78 is 5.45. The number of ether oxygens (including phenoxy) is 1. The highest BCUT2D eigenvalue weighted by Gasteiger charge is 2.18. The number of rotatable bonds is 6. The van der Waals surface area contributed by atoms with Gasteiger partial charge in [-0.2, -0.15) is 0 Å². The van der Waals surface area contributed by atoms with E-state index in [0.717, 1.165) is 18.8 Å². The van der Waals surface area contributed by atoms with E-state index in [4.69, 9.17) is 4.74 Å². The van der Waals surface area contributed by atoms with Crippen molar-refractivity contribution in [3.63, 3.8) is 0 Å². The van der Waals surface area contributed by atoms with Crippen molar-refractivity contribution in [1.29, 1.82) is 0 Å². The van der Waals surface area contributed by atoms with Crippen LogP contribution in [-0.4, -0.2) is 43.1 Å². The Bertz CT molecular complexity index is 425. The smallest absolute Gasteiger partial charge is 0.257 e. The minimum Gasteiger partial charge on any atom is -0.484 e. The van der Waals surface area contributed by atoms with Crippen LogP contribution in [0.5, 0.6) is 5.75 Å². The van der Waals surface area contributed by atoms with Crippen molar-refractivity contribution in [2.45, 2.75) is 32.7 Å². The van der Waals surface area contributed by atoms with Crippen molar-refractivity contribution in [3.05, 3.63) is 29.8 Å². The third-order valence-electron chi connectivity index (χ3n) is 3.75. The molecule has 1 saturated heterocycles. The van der Waals surface area contributed by atoms with Crippen LogP contribution in [0.1, 0.15) is 25.3 Å². The number of hydrogen-bond acceptors (Lipinski definition) is 3. The minimum absolute atomic E-state index is 0.0587. The third-order valence-corrected chi connectivity index (χ3v) is 3.75. The largest absolute Gasteiger partial charge is 0.484 e. The summed E-state index contributed by atoms with van der Waals surface area (Å²) in [6.07, 6.45) is 2.55. The van der Waals surface area contributed by atoms with E-state index in [2.05, 4.69) is 17.1 Å². The zero-order valence-corrected chi connectivity index (χ0v) is 12.4. The maximum Gasteiger partial charge on any atom is 0.257 e. The van der Waals surface area contributed by atoms with Crippen LogP contribution in [0.4, 0.5) is 0 Å². The Morgan fingerprint density at radius 2 is 1.95 bits per heavy atom. The fourth-order valence-corrected chi connectivity index (χ4v) is 2.41. The number of amides is 1. The van der Waals surface area contributed by atoms with Crippen LogP contribution in [0.3, 0.4) is 0 Å². The Morgan fingerprint density at radius 3 is 2.60 bits per heavy atom. The van der Waals surface area contributed by atoms with Crippen molar-refractivity contribution in [2.75, 3.05) is 26.2 Å². The van der Waals surface area contributed by atoms with Gasteiger partial charge in [0.2, 0.25) is 0 Å². The standard InChI is InChI=1S/C16H24N2O2/c1-13-5-7-15(8-6-13)20-12-16(19)17-11-14(2)18-9-3-4-10-18/h5-8,14H,3-4,9-12H2,1-2H3,(H,17,19). The normalized spacial score (nSPS) is 16.9. The third kappa shape index (κ3) is 4.53. The fourth-order valence-electron chi connectivity index (χ4n) is 2.41. The highest BCUT2D eigenvalue weighted by Crippen LogP contribution is 2.12. The van der Waals surface area contributed by atoms with Crippen molar-refractivity contribution in [1.82, 2.24) is 10.2 Å². The molecule has 4 nitrogen and oxygen atoms in total. The van der Waals surface area contributed by atoms with Crippen LogP contribution in [0.15, 0.2) is 24.3 Å². The van der Waals surface area contributed by atoms with E-state index < -0.39 is 0 Å². The number of benzene rings is 1. The number of nitrogens with zero attached hydrogens (tertiary/aromatic N) is 1. The molecule has 1 N–H and O–H groups in total. The molecule has 0 spiro atoms. The molecule has 1 heterocycles. The Labute approximate surface area is 121 Å². The molecular formula is C16H24N2O2. The lowest BCUT2D eigenvalue weighted by atomic mass is 10.2. The molecule has 0 aromatic heterocycles. The van der Waals surface area contributed by atoms with Crippen LogP contribution in [-0.2, 0) is 4.79 Å². The summed E-state index contributed by atoms with van der Waals surface area (Å²) in [7, 11) is 0. The molecule has 1 amide bonds. The number of likely N-dealkylation sites (tertiary alicyclic amines) is 1. The van der Waals surface area contributed by atoms with Gasteiger partial charge >= 0.3 is 0 Å². The van der Waals surface area contributed by atoms with Crippen molar-refractivity contribution in [2.24, 2.45) is 0 Å². The summed E-state index contributed by atoms with van der Waals surface area (Å²) in [5.74, 6) is 0.676. The average molecular weight is 276 g/mol. The van der Waals surface area contributed by atoms with Gasteiger partial charge in [0.25, 0.3) is 5.91 Å². The summed E-state index contributed by atoms with van der Waals surface area (Å²) in [4.78, 5) is 14.2. The van der Waals surface area contributed by atoms with Gasteiger partial charge in [0.15, 0.2) is 6.61 Å². The highest BCUT2D eigenvalue weighted by atomic mass is 16.5. The molecule has 1 fully saturated rings. The molecular weight excluding hydrogens is 252 g/mol. The van der Waals surface area contributed by atoms with Gasteiger partial charge in [-0.1, -0.05) is 17.7 Å². The van der Waals surface area contributed by atoms with Gasteiger partial charge in [0.1, 0.15) is 5.75 Å². The second kappa shape index (κ2) is 7.29. The lowest BCUT2D eigenvalue weighted by Crippen LogP contribution is -2.42. The monoisotopic (exact) mass is 276 g/mol. The van der Waals surface area contributed by atoms with Crippen molar-refractivity contribution in [3.8, 4) is 5.75 Å². The predicted molar refractivity (Wildman–Crippen MR) is 80.0 cm³/mol. The predicted octanol–water partition coefficient (Wildman–Crippen LogP) is 1.97. The quantitative estimate of drug-likeness (QED) is 0.864. The molecule has 2 rings (SSSR count). The molecule has 1 aromatic carbocycles. The van der Waals surface area contributed by atoms with Crippen LogP contribution >= 0.6 is 0 Å². The van der Waals surface area contributed by atoms with Crippen LogP contribution in [0.25, 0.3) is 0 Å². The first-order valence-corrected chi connectivity index (χ1v) is 7.35. The summed E-state index contributed by atoms with van der Waals surface area (Å²) in [5.41, 5.74) is 1.18. The van der Waals surface area contributed by atoms with E-state index in [0.29, 0.717) is 12.6 Å². The summed E-state index contributed by atoms with van der Waals surface area (Å²) in [5, 5.41) is 2.94. The topological polar surface area (TPSA) is 41.6 Å². The zero-order chi connectivity index (χ0) is 14.4. The molecule has 0 radical (unpaired) electrons. The minimum atomic E-state index is -0.0587. The summed E-state index contributed by atoms with van der Waals surface area (Å²) >= 11 is 0. The lowest BCUT2D eigenvalue weighted by molar-refractivity contribution is -0.123. The molecule has 1 unspecified atom stereocenters. The molecule has 0 bridgehead atoms.